The minimum Gasteiger partial charge on any atom is -0.412 e. The van der Waals surface area contributed by atoms with Crippen molar-refractivity contribution in [3.8, 4) is 0 Å². The number of rotatable bonds is 0. The fourth-order valence-electron chi connectivity index (χ4n) is 0.688. The molecule has 1 aromatic carbocycles. The summed E-state index contributed by atoms with van der Waals surface area (Å²) in [5, 5.41) is 0. The zero-order chi connectivity index (χ0) is 9.52. The van der Waals surface area contributed by atoms with Crippen LogP contribution in [-0.4, -0.2) is 17.4 Å². The van der Waals surface area contributed by atoms with E-state index in [1.165, 1.54) is 0 Å². The summed E-state index contributed by atoms with van der Waals surface area (Å²) in [4.78, 5) is 19.8. The summed E-state index contributed by atoms with van der Waals surface area (Å²) in [5.41, 5.74) is 0. The van der Waals surface area contributed by atoms with E-state index in [1.807, 2.05) is 36.4 Å². The summed E-state index contributed by atoms with van der Waals surface area (Å²) in [6, 6.07) is 12.0. The van der Waals surface area contributed by atoms with Gasteiger partial charge in [-0.2, -0.15) is 0 Å². The molecule has 14 heavy (non-hydrogen) atoms. The van der Waals surface area contributed by atoms with Gasteiger partial charge in [0.25, 0.3) is 0 Å². The Morgan fingerprint density at radius 3 is 1.14 bits per heavy atom. The molecule has 0 amide bonds. The van der Waals surface area contributed by atoms with Crippen LogP contribution in [0.3, 0.4) is 0 Å². The van der Waals surface area contributed by atoms with E-state index >= 15 is 0 Å². The highest BCUT2D eigenvalue weighted by Gasteiger charge is 2.10. The predicted molar refractivity (Wildman–Crippen MR) is 50.3 cm³/mol. The highest BCUT2D eigenvalue weighted by molar-refractivity contribution is 6.04. The molecule has 74 valence electrons. The van der Waals surface area contributed by atoms with Crippen LogP contribution in [0.25, 0.3) is 0 Å². The first-order valence-electron chi connectivity index (χ1n) is 3.73. The summed E-state index contributed by atoms with van der Waals surface area (Å²) >= 11 is 0. The van der Waals surface area contributed by atoms with Gasteiger partial charge in [0.05, 0.1) is 0 Å². The molecule has 4 nitrogen and oxygen atoms in total. The zero-order valence-corrected chi connectivity index (χ0v) is 7.34. The van der Waals surface area contributed by atoms with Crippen LogP contribution in [0.15, 0.2) is 48.6 Å². The Bertz CT molecular complexity index is 273. The number of ether oxygens (including phenoxy) is 1. The van der Waals surface area contributed by atoms with Crippen LogP contribution in [0.2, 0.25) is 0 Å². The molecular weight excluding hydrogens is 184 g/mol. The van der Waals surface area contributed by atoms with E-state index in [2.05, 4.69) is 4.74 Å². The third-order valence-corrected chi connectivity index (χ3v) is 1.22. The number of hydrogen-bond donors (Lipinski definition) is 0. The van der Waals surface area contributed by atoms with Crippen molar-refractivity contribution in [2.24, 2.45) is 0 Å². The highest BCUT2D eigenvalue weighted by Crippen LogP contribution is 1.92. The third kappa shape index (κ3) is 4.84. The molecule has 2 rings (SSSR count). The van der Waals surface area contributed by atoms with E-state index in [9.17, 15) is 9.59 Å². The van der Waals surface area contributed by atoms with Crippen molar-refractivity contribution in [2.75, 3.05) is 0 Å². The highest BCUT2D eigenvalue weighted by atomic mass is 16.6. The van der Waals surface area contributed by atoms with Gasteiger partial charge in [-0.1, -0.05) is 36.4 Å². The van der Waals surface area contributed by atoms with Crippen molar-refractivity contribution in [1.82, 2.24) is 0 Å². The van der Waals surface area contributed by atoms with Gasteiger partial charge >= 0.3 is 11.9 Å². The maximum absolute atomic E-state index is 9.92. The summed E-state index contributed by atoms with van der Waals surface area (Å²) in [6.45, 7) is 0. The molecule has 0 fully saturated rings. The minimum absolute atomic E-state index is 0. The zero-order valence-electron chi connectivity index (χ0n) is 7.34. The van der Waals surface area contributed by atoms with Gasteiger partial charge in [0.15, 0.2) is 0 Å². The van der Waals surface area contributed by atoms with E-state index in [0.717, 1.165) is 12.2 Å². The topological polar surface area (TPSA) is 74.9 Å². The number of benzene rings is 1. The number of hydrogen-bond acceptors (Lipinski definition) is 3. The van der Waals surface area contributed by atoms with E-state index in [-0.39, 0.29) is 5.48 Å². The fourth-order valence-corrected chi connectivity index (χ4v) is 0.688. The number of carbonyl (C=O) groups excluding carboxylic acids is 2. The first-order chi connectivity index (χ1) is 6.29. The Morgan fingerprint density at radius 1 is 0.714 bits per heavy atom. The Labute approximate surface area is 81.1 Å². The van der Waals surface area contributed by atoms with Gasteiger partial charge in [-0.05, 0) is 0 Å². The van der Waals surface area contributed by atoms with E-state index in [4.69, 9.17) is 0 Å². The van der Waals surface area contributed by atoms with Crippen molar-refractivity contribution < 1.29 is 19.8 Å². The van der Waals surface area contributed by atoms with Gasteiger partial charge in [0.2, 0.25) is 0 Å². The Kier molecular flexibility index (Phi) is 5.65. The normalized spacial score (nSPS) is 12.3. The number of carbonyl (C=O) groups is 2. The van der Waals surface area contributed by atoms with Crippen LogP contribution in [0, 0.1) is 0 Å². The molecule has 1 aromatic rings. The van der Waals surface area contributed by atoms with Gasteiger partial charge in [0, 0.05) is 12.2 Å². The smallest absolute Gasteiger partial charge is 0.338 e. The molecule has 0 saturated carbocycles. The van der Waals surface area contributed by atoms with Crippen LogP contribution >= 0.6 is 0 Å². The maximum atomic E-state index is 9.92. The number of esters is 2. The summed E-state index contributed by atoms with van der Waals surface area (Å²) in [7, 11) is 0. The molecule has 0 bridgehead atoms. The first-order valence-corrected chi connectivity index (χ1v) is 3.73. The molecule has 1 heterocycles. The second-order valence-corrected chi connectivity index (χ2v) is 2.23. The van der Waals surface area contributed by atoms with Crippen LogP contribution in [0.5, 0.6) is 0 Å². The lowest BCUT2D eigenvalue weighted by Crippen LogP contribution is -1.96. The molecule has 0 aliphatic carbocycles. The van der Waals surface area contributed by atoms with Crippen LogP contribution in [0.4, 0.5) is 0 Å². The van der Waals surface area contributed by atoms with E-state index < -0.39 is 11.9 Å². The van der Waals surface area contributed by atoms with E-state index in [1.54, 1.807) is 0 Å². The lowest BCUT2D eigenvalue weighted by molar-refractivity contribution is -0.150. The SMILES string of the molecule is O.O=C1C=CC(=O)O1.c1ccccc1. The lowest BCUT2D eigenvalue weighted by Gasteiger charge is -1.80. The molecule has 0 atom stereocenters. The summed E-state index contributed by atoms with van der Waals surface area (Å²) in [6.07, 6.45) is 2.17. The molecule has 0 aromatic heterocycles. The van der Waals surface area contributed by atoms with E-state index in [0.29, 0.717) is 0 Å². The van der Waals surface area contributed by atoms with Crippen molar-refractivity contribution in [2.45, 2.75) is 0 Å². The van der Waals surface area contributed by atoms with Gasteiger partial charge in [-0.15, -0.1) is 0 Å². The minimum atomic E-state index is -0.579. The third-order valence-electron chi connectivity index (χ3n) is 1.22. The maximum Gasteiger partial charge on any atom is 0.338 e. The standard InChI is InChI=1S/C6H6.C4H2O3.H2O/c1-2-4-6-5-3-1;5-3-1-2-4(6)7-3;/h1-6H;1-2H;1H2. The Morgan fingerprint density at radius 2 is 1.00 bits per heavy atom. The molecule has 1 aliphatic heterocycles. The summed E-state index contributed by atoms with van der Waals surface area (Å²) in [5.74, 6) is -1.16. The van der Waals surface area contributed by atoms with Gasteiger partial charge in [-0.25, -0.2) is 9.59 Å². The first kappa shape index (κ1) is 12.1. The molecule has 2 N–H and O–H groups in total. The van der Waals surface area contributed by atoms with Crippen LogP contribution in [-0.2, 0) is 14.3 Å². The molecule has 4 heteroatoms. The summed E-state index contributed by atoms with van der Waals surface area (Å²) < 4.78 is 3.97. The Hall–Kier alpha value is -1.94. The Balaban J connectivity index is 0.000000227. The number of cyclic esters (lactones) is 2. The average Bonchev–Trinajstić information content (AvgIpc) is 2.54. The van der Waals surface area contributed by atoms with Crippen LogP contribution < -0.4 is 0 Å². The molecule has 1 aliphatic rings. The van der Waals surface area contributed by atoms with Gasteiger partial charge < -0.3 is 10.2 Å². The molecule has 0 spiro atoms. The average molecular weight is 194 g/mol. The molecule has 0 unspecified atom stereocenters. The second kappa shape index (κ2) is 6.56. The molecular formula is C10H10O4. The van der Waals surface area contributed by atoms with Crippen molar-refractivity contribution in [3.05, 3.63) is 48.6 Å². The van der Waals surface area contributed by atoms with Gasteiger partial charge in [-0.3, -0.25) is 0 Å². The molecule has 0 saturated heterocycles. The van der Waals surface area contributed by atoms with Gasteiger partial charge in [0.1, 0.15) is 0 Å². The molecule has 0 radical (unpaired) electrons. The fraction of sp³-hybridized carbons (Fsp3) is 0. The predicted octanol–water partition coefficient (Wildman–Crippen LogP) is 0.488. The van der Waals surface area contributed by atoms with Crippen molar-refractivity contribution >= 4 is 11.9 Å². The van der Waals surface area contributed by atoms with Crippen LogP contribution in [0.1, 0.15) is 0 Å². The quantitative estimate of drug-likeness (QED) is 0.445. The largest absolute Gasteiger partial charge is 0.412 e. The second-order valence-electron chi connectivity index (χ2n) is 2.23. The monoisotopic (exact) mass is 194 g/mol. The van der Waals surface area contributed by atoms with Crippen molar-refractivity contribution in [1.29, 1.82) is 0 Å². The van der Waals surface area contributed by atoms with Crippen molar-refractivity contribution in [3.63, 3.8) is 0 Å². The lowest BCUT2D eigenvalue weighted by atomic mass is 10.4.